The fourth-order valence-electron chi connectivity index (χ4n) is 6.00. The Hall–Kier alpha value is -3.02. The molecule has 6 nitrogen and oxygen atoms in total. The minimum atomic E-state index is -4.65. The van der Waals surface area contributed by atoms with Gasteiger partial charge in [-0.15, -0.1) is 24.5 Å². The van der Waals surface area contributed by atoms with Crippen molar-refractivity contribution in [1.29, 1.82) is 0 Å². The van der Waals surface area contributed by atoms with Gasteiger partial charge in [-0.05, 0) is 98.6 Å². The first-order valence-electron chi connectivity index (χ1n) is 14.9. The van der Waals surface area contributed by atoms with Gasteiger partial charge in [0.25, 0.3) is 0 Å². The van der Waals surface area contributed by atoms with Gasteiger partial charge in [-0.25, -0.2) is 9.37 Å². The number of aromatic nitrogens is 1. The zero-order chi connectivity index (χ0) is 32.1. The second-order valence-corrected chi connectivity index (χ2v) is 13.9. The second-order valence-electron chi connectivity index (χ2n) is 12.7. The van der Waals surface area contributed by atoms with Crippen LogP contribution in [0, 0.1) is 11.2 Å². The quantitative estimate of drug-likeness (QED) is 0.271. The van der Waals surface area contributed by atoms with E-state index in [4.69, 9.17) is 0 Å². The lowest BCUT2D eigenvalue weighted by molar-refractivity contribution is -0.274. The van der Waals surface area contributed by atoms with Crippen LogP contribution in [0.5, 0.6) is 5.75 Å². The predicted molar refractivity (Wildman–Crippen MR) is 164 cm³/mol. The summed E-state index contributed by atoms with van der Waals surface area (Å²) < 4.78 is 53.6. The third kappa shape index (κ3) is 9.74. The van der Waals surface area contributed by atoms with Crippen LogP contribution in [-0.2, 0) is 11.2 Å². The summed E-state index contributed by atoms with van der Waals surface area (Å²) in [4.78, 5) is 21.7. The SMILES string of the molecule is CC(C)(C)C(C(=O)O)N1CCC(c2cccc(F)c2)C1.CN1CCC(c2cnc(Cc3ccc(OC(F)(F)F)cc3)s2)CC1. The molecule has 44 heavy (non-hydrogen) atoms. The number of rotatable bonds is 7. The molecule has 0 saturated carbocycles. The molecule has 1 N–H and O–H groups in total. The summed E-state index contributed by atoms with van der Waals surface area (Å²) in [5, 5.41) is 10.5. The van der Waals surface area contributed by atoms with Gasteiger partial charge in [-0.1, -0.05) is 45.0 Å². The van der Waals surface area contributed by atoms with Crippen LogP contribution < -0.4 is 4.74 Å². The molecule has 11 heteroatoms. The molecule has 0 spiro atoms. The van der Waals surface area contributed by atoms with Crippen molar-refractivity contribution < 1.29 is 32.2 Å². The molecule has 0 radical (unpaired) electrons. The van der Waals surface area contributed by atoms with Crippen molar-refractivity contribution in [2.24, 2.45) is 5.41 Å². The molecule has 0 aliphatic carbocycles. The Bertz CT molecular complexity index is 1370. The van der Waals surface area contributed by atoms with Gasteiger partial charge in [-0.2, -0.15) is 0 Å². The highest BCUT2D eigenvalue weighted by atomic mass is 32.1. The number of alkyl halides is 3. The van der Waals surface area contributed by atoms with E-state index in [-0.39, 0.29) is 22.9 Å². The number of ether oxygens (including phenoxy) is 1. The van der Waals surface area contributed by atoms with Crippen LogP contribution in [0.1, 0.15) is 72.9 Å². The molecule has 2 fully saturated rings. The van der Waals surface area contributed by atoms with E-state index in [1.54, 1.807) is 35.6 Å². The maximum absolute atomic E-state index is 13.3. The van der Waals surface area contributed by atoms with Gasteiger partial charge in [0.15, 0.2) is 0 Å². The zero-order valence-electron chi connectivity index (χ0n) is 25.6. The van der Waals surface area contributed by atoms with E-state index in [0.29, 0.717) is 18.9 Å². The molecule has 1 aromatic heterocycles. The Kier molecular flexibility index (Phi) is 11.1. The number of carbonyl (C=O) groups is 1. The van der Waals surface area contributed by atoms with Crippen LogP contribution in [-0.4, -0.2) is 71.5 Å². The van der Waals surface area contributed by atoms with E-state index in [1.807, 2.05) is 37.9 Å². The fraction of sp³-hybridized carbons (Fsp3) is 0.515. The number of halogens is 4. The normalized spacial score (nSPS) is 19.3. The number of thiazole rings is 1. The molecule has 2 aliphatic heterocycles. The molecule has 3 aromatic rings. The van der Waals surface area contributed by atoms with Crippen molar-refractivity contribution in [3.8, 4) is 5.75 Å². The molecular weight excluding hydrogens is 594 g/mol. The van der Waals surface area contributed by atoms with Crippen LogP contribution in [0.25, 0.3) is 0 Å². The summed E-state index contributed by atoms with van der Waals surface area (Å²) >= 11 is 1.71. The first-order chi connectivity index (χ1) is 20.7. The van der Waals surface area contributed by atoms with Crippen molar-refractivity contribution in [3.05, 3.63) is 81.6 Å². The zero-order valence-corrected chi connectivity index (χ0v) is 26.4. The summed E-state index contributed by atoms with van der Waals surface area (Å²) in [6.45, 7) is 9.48. The number of carboxylic acid groups (broad SMARTS) is 1. The number of hydrogen-bond donors (Lipinski definition) is 1. The highest BCUT2D eigenvalue weighted by molar-refractivity contribution is 7.11. The number of piperidine rings is 1. The van der Waals surface area contributed by atoms with Gasteiger partial charge < -0.3 is 14.7 Å². The number of likely N-dealkylation sites (tertiary alicyclic amines) is 2. The van der Waals surface area contributed by atoms with E-state index < -0.39 is 18.4 Å². The Balaban J connectivity index is 0.000000204. The van der Waals surface area contributed by atoms with Gasteiger partial charge in [0.05, 0.1) is 5.01 Å². The molecule has 3 heterocycles. The molecular formula is C33H41F4N3O3S. The lowest BCUT2D eigenvalue weighted by atomic mass is 9.85. The molecule has 2 aromatic carbocycles. The van der Waals surface area contributed by atoms with E-state index in [2.05, 4.69) is 21.7 Å². The van der Waals surface area contributed by atoms with E-state index in [1.165, 1.54) is 23.1 Å². The topological polar surface area (TPSA) is 65.9 Å². The van der Waals surface area contributed by atoms with Gasteiger partial charge in [0.2, 0.25) is 0 Å². The molecule has 2 aliphatic rings. The van der Waals surface area contributed by atoms with Gasteiger partial charge in [0, 0.05) is 24.0 Å². The summed E-state index contributed by atoms with van der Waals surface area (Å²) in [5.74, 6) is -0.411. The predicted octanol–water partition coefficient (Wildman–Crippen LogP) is 7.56. The van der Waals surface area contributed by atoms with Crippen molar-refractivity contribution >= 4 is 17.3 Å². The van der Waals surface area contributed by atoms with Crippen molar-refractivity contribution in [2.45, 2.75) is 70.7 Å². The van der Waals surface area contributed by atoms with Crippen molar-refractivity contribution in [3.63, 3.8) is 0 Å². The largest absolute Gasteiger partial charge is 0.573 e. The first kappa shape index (κ1) is 33.9. The molecule has 2 atom stereocenters. The van der Waals surface area contributed by atoms with E-state index >= 15 is 0 Å². The summed E-state index contributed by atoms with van der Waals surface area (Å²) in [6.07, 6.45) is 1.12. The second kappa shape index (κ2) is 14.4. The number of hydrogen-bond acceptors (Lipinski definition) is 6. The standard InChI is InChI=1S/C17H19F3N2OS.C16H22FNO2/c1-22-8-6-13(7-9-22)15-11-21-16(24-15)10-12-2-4-14(5-3-12)23-17(18,19)20;1-16(2,3)14(15(19)20)18-8-7-12(10-18)11-5-4-6-13(17)9-11/h2-5,11,13H,6-10H2,1H3;4-6,9,12,14H,7-8,10H2,1-3H3,(H,19,20). The molecule has 240 valence electrons. The minimum absolute atomic E-state index is 0.197. The van der Waals surface area contributed by atoms with Crippen LogP contribution in [0.3, 0.4) is 0 Å². The Labute approximate surface area is 260 Å². The smallest absolute Gasteiger partial charge is 0.480 e. The lowest BCUT2D eigenvalue weighted by Gasteiger charge is -2.34. The summed E-state index contributed by atoms with van der Waals surface area (Å²) in [7, 11) is 2.14. The molecule has 5 rings (SSSR count). The van der Waals surface area contributed by atoms with Gasteiger partial charge >= 0.3 is 12.3 Å². The van der Waals surface area contributed by atoms with Crippen molar-refractivity contribution in [1.82, 2.24) is 14.8 Å². The maximum atomic E-state index is 13.3. The third-order valence-electron chi connectivity index (χ3n) is 8.16. The summed E-state index contributed by atoms with van der Waals surface area (Å²) in [6, 6.07) is 12.1. The molecule has 0 amide bonds. The Morgan fingerprint density at radius 2 is 1.70 bits per heavy atom. The highest BCUT2D eigenvalue weighted by Gasteiger charge is 2.40. The number of aliphatic carboxylic acids is 1. The first-order valence-corrected chi connectivity index (χ1v) is 15.7. The van der Waals surface area contributed by atoms with Crippen LogP contribution in [0.4, 0.5) is 17.6 Å². The van der Waals surface area contributed by atoms with E-state index in [0.717, 1.165) is 55.0 Å². The maximum Gasteiger partial charge on any atom is 0.573 e. The Morgan fingerprint density at radius 1 is 1.05 bits per heavy atom. The number of benzene rings is 2. The van der Waals surface area contributed by atoms with E-state index in [9.17, 15) is 27.5 Å². The van der Waals surface area contributed by atoms with Crippen LogP contribution in [0.15, 0.2) is 54.7 Å². The van der Waals surface area contributed by atoms with Crippen LogP contribution in [0.2, 0.25) is 0 Å². The highest BCUT2D eigenvalue weighted by Crippen LogP contribution is 2.34. The minimum Gasteiger partial charge on any atom is -0.480 e. The van der Waals surface area contributed by atoms with Crippen LogP contribution >= 0.6 is 11.3 Å². The monoisotopic (exact) mass is 635 g/mol. The molecule has 2 unspecified atom stereocenters. The molecule has 0 bridgehead atoms. The number of carboxylic acids is 1. The van der Waals surface area contributed by atoms with Gasteiger partial charge in [-0.3, -0.25) is 9.69 Å². The lowest BCUT2D eigenvalue weighted by Crippen LogP contribution is -2.48. The fourth-order valence-corrected chi connectivity index (χ4v) is 7.12. The average molecular weight is 636 g/mol. The average Bonchev–Trinajstić information content (AvgIpc) is 3.59. The third-order valence-corrected chi connectivity index (χ3v) is 9.32. The molecule has 2 saturated heterocycles. The van der Waals surface area contributed by atoms with Gasteiger partial charge in [0.1, 0.15) is 17.6 Å². The van der Waals surface area contributed by atoms with Crippen molar-refractivity contribution in [2.75, 3.05) is 33.2 Å². The Morgan fingerprint density at radius 3 is 2.30 bits per heavy atom. The number of nitrogens with zero attached hydrogens (tertiary/aromatic N) is 3. The summed E-state index contributed by atoms with van der Waals surface area (Å²) in [5.41, 5.74) is 1.57.